The largest absolute Gasteiger partial charge is 0.486 e. The van der Waals surface area contributed by atoms with Gasteiger partial charge in [0.05, 0.1) is 5.02 Å². The van der Waals surface area contributed by atoms with Crippen LogP contribution in [0.25, 0.3) is 0 Å². The Morgan fingerprint density at radius 2 is 2.10 bits per heavy atom. The van der Waals surface area contributed by atoms with Gasteiger partial charge in [-0.05, 0) is 36.6 Å². The quantitative estimate of drug-likeness (QED) is 0.748. The number of hydrogen-bond acceptors (Lipinski definition) is 4. The van der Waals surface area contributed by atoms with Crippen molar-refractivity contribution in [1.82, 2.24) is 5.32 Å². The van der Waals surface area contributed by atoms with Gasteiger partial charge >= 0.3 is 0 Å². The molecule has 0 spiro atoms. The first-order valence-electron chi connectivity index (χ1n) is 7.53. The maximum absolute atomic E-state index is 6.21. The van der Waals surface area contributed by atoms with Crippen LogP contribution in [0.15, 0.2) is 12.1 Å². The second-order valence-corrected chi connectivity index (χ2v) is 6.01. The van der Waals surface area contributed by atoms with Crippen molar-refractivity contribution >= 4 is 11.6 Å². The molecule has 1 aromatic rings. The molecule has 0 unspecified atom stereocenters. The number of rotatable bonds is 8. The monoisotopic (exact) mass is 313 g/mol. The van der Waals surface area contributed by atoms with Crippen molar-refractivity contribution in [2.75, 3.05) is 33.0 Å². The van der Waals surface area contributed by atoms with Crippen molar-refractivity contribution in [2.24, 2.45) is 5.92 Å². The highest BCUT2D eigenvalue weighted by Crippen LogP contribution is 2.38. The maximum Gasteiger partial charge on any atom is 0.179 e. The van der Waals surface area contributed by atoms with Crippen molar-refractivity contribution in [3.8, 4) is 11.5 Å². The fourth-order valence-corrected chi connectivity index (χ4v) is 2.41. The number of nitrogens with one attached hydrogen (secondary N) is 1. The predicted octanol–water partition coefficient (Wildman–Crippen LogP) is 3.26. The first kappa shape index (κ1) is 16.4. The Kier molecular flexibility index (Phi) is 6.61. The van der Waals surface area contributed by atoms with E-state index < -0.39 is 0 Å². The van der Waals surface area contributed by atoms with Crippen molar-refractivity contribution in [2.45, 2.75) is 26.8 Å². The molecule has 0 radical (unpaired) electrons. The summed E-state index contributed by atoms with van der Waals surface area (Å²) in [4.78, 5) is 0. The summed E-state index contributed by atoms with van der Waals surface area (Å²) < 4.78 is 16.6. The molecule has 0 aliphatic carbocycles. The van der Waals surface area contributed by atoms with Crippen LogP contribution in [0.2, 0.25) is 5.02 Å². The zero-order valence-corrected chi connectivity index (χ0v) is 13.5. The fourth-order valence-electron chi connectivity index (χ4n) is 2.12. The fraction of sp³-hybridized carbons (Fsp3) is 0.625. The topological polar surface area (TPSA) is 39.7 Å². The Balaban J connectivity index is 1.70. The summed E-state index contributed by atoms with van der Waals surface area (Å²) in [6.45, 7) is 8.76. The maximum atomic E-state index is 6.21. The summed E-state index contributed by atoms with van der Waals surface area (Å²) in [5, 5.41) is 4.00. The first-order valence-corrected chi connectivity index (χ1v) is 7.91. The Bertz CT molecular complexity index is 451. The lowest BCUT2D eigenvalue weighted by Gasteiger charge is -2.20. The van der Waals surface area contributed by atoms with E-state index in [-0.39, 0.29) is 0 Å². The summed E-state index contributed by atoms with van der Waals surface area (Å²) in [7, 11) is 0. The Morgan fingerprint density at radius 3 is 2.90 bits per heavy atom. The molecular weight excluding hydrogens is 290 g/mol. The minimum atomic E-state index is 0.556. The molecule has 1 aliphatic rings. The van der Waals surface area contributed by atoms with Gasteiger partial charge in [0.15, 0.2) is 11.5 Å². The van der Waals surface area contributed by atoms with Crippen LogP contribution in [0.4, 0.5) is 0 Å². The van der Waals surface area contributed by atoms with Gasteiger partial charge in [-0.3, -0.25) is 0 Å². The molecule has 0 atom stereocenters. The SMILES string of the molecule is CC(C)COCCCNCc1cc(Cl)c2c(c1)OCCO2. The lowest BCUT2D eigenvalue weighted by molar-refractivity contribution is 0.108. The third-order valence-corrected chi connectivity index (χ3v) is 3.36. The Labute approximate surface area is 131 Å². The van der Waals surface area contributed by atoms with Crippen LogP contribution in [0.5, 0.6) is 11.5 Å². The third-order valence-electron chi connectivity index (χ3n) is 3.08. The van der Waals surface area contributed by atoms with Gasteiger partial charge < -0.3 is 19.5 Å². The van der Waals surface area contributed by atoms with Crippen LogP contribution in [-0.2, 0) is 11.3 Å². The number of fused-ring (bicyclic) bond motifs is 1. The molecule has 2 rings (SSSR count). The van der Waals surface area contributed by atoms with Gasteiger partial charge in [-0.1, -0.05) is 25.4 Å². The van der Waals surface area contributed by atoms with Gasteiger partial charge in [0.25, 0.3) is 0 Å². The minimum absolute atomic E-state index is 0.556. The highest BCUT2D eigenvalue weighted by Gasteiger charge is 2.16. The predicted molar refractivity (Wildman–Crippen MR) is 84.4 cm³/mol. The average molecular weight is 314 g/mol. The van der Waals surface area contributed by atoms with E-state index in [0.29, 0.717) is 29.9 Å². The highest BCUT2D eigenvalue weighted by molar-refractivity contribution is 6.32. The molecular formula is C16H24ClNO3. The molecule has 1 heterocycles. The van der Waals surface area contributed by atoms with Crippen LogP contribution in [0.3, 0.4) is 0 Å². The number of ether oxygens (including phenoxy) is 3. The second kappa shape index (κ2) is 8.47. The van der Waals surface area contributed by atoms with Crippen LogP contribution < -0.4 is 14.8 Å². The molecule has 118 valence electrons. The molecule has 21 heavy (non-hydrogen) atoms. The van der Waals surface area contributed by atoms with Crippen LogP contribution >= 0.6 is 11.6 Å². The third kappa shape index (κ3) is 5.38. The second-order valence-electron chi connectivity index (χ2n) is 5.60. The normalized spacial score (nSPS) is 13.7. The lowest BCUT2D eigenvalue weighted by atomic mass is 10.2. The van der Waals surface area contributed by atoms with Crippen molar-refractivity contribution in [3.05, 3.63) is 22.7 Å². The van der Waals surface area contributed by atoms with Gasteiger partial charge in [0, 0.05) is 19.8 Å². The van der Waals surface area contributed by atoms with Gasteiger partial charge in [-0.25, -0.2) is 0 Å². The van der Waals surface area contributed by atoms with Gasteiger partial charge in [0.2, 0.25) is 0 Å². The molecule has 1 aromatic carbocycles. The average Bonchev–Trinajstić information content (AvgIpc) is 2.46. The lowest BCUT2D eigenvalue weighted by Crippen LogP contribution is -2.18. The van der Waals surface area contributed by atoms with E-state index >= 15 is 0 Å². The van der Waals surface area contributed by atoms with E-state index in [1.54, 1.807) is 0 Å². The van der Waals surface area contributed by atoms with E-state index in [1.165, 1.54) is 0 Å². The van der Waals surface area contributed by atoms with Crippen LogP contribution in [0.1, 0.15) is 25.8 Å². The molecule has 5 heteroatoms. The van der Waals surface area contributed by atoms with Crippen LogP contribution in [-0.4, -0.2) is 33.0 Å². The van der Waals surface area contributed by atoms with E-state index in [4.69, 9.17) is 25.8 Å². The number of benzene rings is 1. The first-order chi connectivity index (χ1) is 10.2. The summed E-state index contributed by atoms with van der Waals surface area (Å²) in [6, 6.07) is 3.92. The number of halogens is 1. The molecule has 0 bridgehead atoms. The van der Waals surface area contributed by atoms with Crippen molar-refractivity contribution in [3.63, 3.8) is 0 Å². The van der Waals surface area contributed by atoms with Crippen molar-refractivity contribution < 1.29 is 14.2 Å². The van der Waals surface area contributed by atoms with E-state index in [2.05, 4.69) is 19.2 Å². The molecule has 4 nitrogen and oxygen atoms in total. The summed E-state index contributed by atoms with van der Waals surface area (Å²) >= 11 is 6.21. The molecule has 0 amide bonds. The smallest absolute Gasteiger partial charge is 0.179 e. The standard InChI is InChI=1S/C16H24ClNO3/c1-12(2)11-19-5-3-4-18-10-13-8-14(17)16-15(9-13)20-6-7-21-16/h8-9,12,18H,3-7,10-11H2,1-2H3. The summed E-state index contributed by atoms with van der Waals surface area (Å²) in [5.41, 5.74) is 1.10. The summed E-state index contributed by atoms with van der Waals surface area (Å²) in [5.74, 6) is 2.00. The summed E-state index contributed by atoms with van der Waals surface area (Å²) in [6.07, 6.45) is 1.00. The Morgan fingerprint density at radius 1 is 1.29 bits per heavy atom. The molecule has 1 N–H and O–H groups in total. The molecule has 0 saturated carbocycles. The van der Waals surface area contributed by atoms with E-state index in [0.717, 1.165) is 44.0 Å². The van der Waals surface area contributed by atoms with Gasteiger partial charge in [0.1, 0.15) is 13.2 Å². The molecule has 0 saturated heterocycles. The van der Waals surface area contributed by atoms with E-state index in [9.17, 15) is 0 Å². The van der Waals surface area contributed by atoms with Crippen LogP contribution in [0, 0.1) is 5.92 Å². The zero-order chi connectivity index (χ0) is 15.1. The highest BCUT2D eigenvalue weighted by atomic mass is 35.5. The minimum Gasteiger partial charge on any atom is -0.486 e. The Hall–Kier alpha value is -0.970. The van der Waals surface area contributed by atoms with Crippen molar-refractivity contribution in [1.29, 1.82) is 0 Å². The molecule has 0 fully saturated rings. The zero-order valence-electron chi connectivity index (χ0n) is 12.8. The van der Waals surface area contributed by atoms with E-state index in [1.807, 2.05) is 12.1 Å². The molecule has 1 aliphatic heterocycles. The molecule has 0 aromatic heterocycles. The van der Waals surface area contributed by atoms with Gasteiger partial charge in [-0.15, -0.1) is 0 Å². The number of hydrogen-bond donors (Lipinski definition) is 1. The van der Waals surface area contributed by atoms with Gasteiger partial charge in [-0.2, -0.15) is 0 Å².